The Bertz CT molecular complexity index is 1260. The Morgan fingerprint density at radius 2 is 1.72 bits per heavy atom. The predicted octanol–water partition coefficient (Wildman–Crippen LogP) is 5.84. The van der Waals surface area contributed by atoms with Crippen molar-refractivity contribution in [3.63, 3.8) is 0 Å². The Labute approximate surface area is 234 Å². The monoisotopic (exact) mass is 555 g/mol. The van der Waals surface area contributed by atoms with Crippen LogP contribution in [0.3, 0.4) is 0 Å². The second kappa shape index (κ2) is 11.0. The highest BCUT2D eigenvalue weighted by molar-refractivity contribution is 7.99. The minimum Gasteiger partial charge on any atom is -0.493 e. The molecule has 2 atom stereocenters. The summed E-state index contributed by atoms with van der Waals surface area (Å²) in [6.07, 6.45) is 8.17. The summed E-state index contributed by atoms with van der Waals surface area (Å²) in [5, 5.41) is 0.662. The molecule has 0 saturated heterocycles. The molecule has 210 valence electrons. The molecule has 4 aliphatic rings. The van der Waals surface area contributed by atoms with Crippen LogP contribution in [0.2, 0.25) is 0 Å². The molecule has 0 spiro atoms. The summed E-state index contributed by atoms with van der Waals surface area (Å²) in [5.74, 6) is 3.50. The van der Waals surface area contributed by atoms with E-state index in [1.54, 1.807) is 21.3 Å². The summed E-state index contributed by atoms with van der Waals surface area (Å²) >= 11 is 2.04. The average molecular weight is 556 g/mol. The summed E-state index contributed by atoms with van der Waals surface area (Å²) in [6, 6.07) is 3.49. The molecule has 39 heavy (non-hydrogen) atoms. The van der Waals surface area contributed by atoms with Gasteiger partial charge in [-0.2, -0.15) is 11.8 Å². The molecule has 3 heterocycles. The van der Waals surface area contributed by atoms with Crippen LogP contribution in [0.4, 0.5) is 0 Å². The third kappa shape index (κ3) is 4.47. The van der Waals surface area contributed by atoms with Crippen LogP contribution in [0, 0.1) is 0 Å². The SMILES string of the molecule is COc1ccc2c(c1OC)C(=O)O[C@@H]2[C@H]1c2c(c(CSC3CCCCCC3)c3c(c2OC)OCO3)CCN1C. The van der Waals surface area contributed by atoms with Crippen molar-refractivity contribution >= 4 is 17.7 Å². The van der Waals surface area contributed by atoms with E-state index in [9.17, 15) is 4.79 Å². The molecule has 1 saturated carbocycles. The van der Waals surface area contributed by atoms with E-state index in [-0.39, 0.29) is 12.8 Å². The number of rotatable bonds is 7. The molecule has 1 aliphatic carbocycles. The van der Waals surface area contributed by atoms with Gasteiger partial charge >= 0.3 is 5.97 Å². The maximum Gasteiger partial charge on any atom is 0.343 e. The number of thioether (sulfide) groups is 1. The van der Waals surface area contributed by atoms with Crippen molar-refractivity contribution in [3.8, 4) is 28.7 Å². The number of ether oxygens (including phenoxy) is 6. The van der Waals surface area contributed by atoms with Crippen LogP contribution >= 0.6 is 11.8 Å². The Morgan fingerprint density at radius 1 is 0.974 bits per heavy atom. The van der Waals surface area contributed by atoms with Gasteiger partial charge in [-0.05, 0) is 37.9 Å². The summed E-state index contributed by atoms with van der Waals surface area (Å²) in [4.78, 5) is 15.5. The normalized spacial score (nSPS) is 22.6. The van der Waals surface area contributed by atoms with Gasteiger partial charge in [-0.25, -0.2) is 4.79 Å². The molecule has 0 bridgehead atoms. The quantitative estimate of drug-likeness (QED) is 0.309. The first kappa shape index (κ1) is 26.4. The van der Waals surface area contributed by atoms with Crippen LogP contribution in [0.1, 0.15) is 83.3 Å². The average Bonchev–Trinajstić information content (AvgIpc) is 3.46. The maximum atomic E-state index is 13.2. The minimum atomic E-state index is -0.534. The van der Waals surface area contributed by atoms with Crippen molar-refractivity contribution in [2.24, 2.45) is 0 Å². The molecular weight excluding hydrogens is 518 g/mol. The fourth-order valence-electron chi connectivity index (χ4n) is 6.69. The van der Waals surface area contributed by atoms with E-state index in [1.165, 1.54) is 49.7 Å². The molecule has 0 unspecified atom stereocenters. The van der Waals surface area contributed by atoms with Crippen LogP contribution in [0.25, 0.3) is 0 Å². The standard InChI is InChI=1S/C30H37NO7S/c1-31-14-13-18-20(15-39-17-9-7-5-6-8-10-17)26-29(37-16-36-26)28(35-4)22(18)24(31)25-19-11-12-21(33-2)27(34-3)23(19)30(32)38-25/h11-12,17,24-25H,5-10,13-16H2,1-4H3/t24-,25+/m1/s1. The third-order valence-corrected chi connectivity index (χ3v) is 9.99. The molecule has 9 heteroatoms. The first-order valence-electron chi connectivity index (χ1n) is 13.9. The van der Waals surface area contributed by atoms with Crippen LogP contribution in [0.15, 0.2) is 12.1 Å². The van der Waals surface area contributed by atoms with Gasteiger partial charge in [0.25, 0.3) is 0 Å². The van der Waals surface area contributed by atoms with Crippen molar-refractivity contribution in [2.75, 3.05) is 41.7 Å². The first-order valence-corrected chi connectivity index (χ1v) is 14.9. The number of esters is 1. The topological polar surface area (TPSA) is 75.7 Å². The number of hydrogen-bond acceptors (Lipinski definition) is 9. The zero-order valence-electron chi connectivity index (χ0n) is 23.2. The molecule has 2 aromatic carbocycles. The molecule has 2 aromatic rings. The van der Waals surface area contributed by atoms with Crippen molar-refractivity contribution in [1.82, 2.24) is 4.90 Å². The van der Waals surface area contributed by atoms with Gasteiger partial charge in [-0.1, -0.05) is 31.7 Å². The fraction of sp³-hybridized carbons (Fsp3) is 0.567. The Balaban J connectivity index is 1.45. The summed E-state index contributed by atoms with van der Waals surface area (Å²) < 4.78 is 35.3. The minimum absolute atomic E-state index is 0.175. The number of carbonyl (C=O) groups is 1. The second-order valence-corrected chi connectivity index (χ2v) is 11.9. The molecular formula is C30H37NO7S. The van der Waals surface area contributed by atoms with Gasteiger partial charge in [0, 0.05) is 34.2 Å². The lowest BCUT2D eigenvalue weighted by Crippen LogP contribution is -2.37. The van der Waals surface area contributed by atoms with Gasteiger partial charge in [-0.15, -0.1) is 0 Å². The third-order valence-electron chi connectivity index (χ3n) is 8.59. The fourth-order valence-corrected chi connectivity index (χ4v) is 8.06. The summed E-state index contributed by atoms with van der Waals surface area (Å²) in [6.45, 7) is 0.993. The highest BCUT2D eigenvalue weighted by atomic mass is 32.2. The number of nitrogens with zero attached hydrogens (tertiary/aromatic N) is 1. The predicted molar refractivity (Wildman–Crippen MR) is 149 cm³/mol. The Hall–Kier alpha value is -2.78. The van der Waals surface area contributed by atoms with Gasteiger partial charge in [0.2, 0.25) is 12.5 Å². The number of fused-ring (bicyclic) bond motifs is 3. The van der Waals surface area contributed by atoms with Crippen molar-refractivity contribution in [2.45, 2.75) is 68.1 Å². The Kier molecular flexibility index (Phi) is 7.46. The Morgan fingerprint density at radius 3 is 2.44 bits per heavy atom. The number of methoxy groups -OCH3 is 3. The zero-order chi connectivity index (χ0) is 27.1. The van der Waals surface area contributed by atoms with E-state index < -0.39 is 12.1 Å². The van der Waals surface area contributed by atoms with Crippen LogP contribution in [-0.2, 0) is 16.9 Å². The van der Waals surface area contributed by atoms with E-state index in [1.807, 2.05) is 23.9 Å². The van der Waals surface area contributed by atoms with Crippen molar-refractivity contribution in [3.05, 3.63) is 39.9 Å². The largest absolute Gasteiger partial charge is 0.493 e. The van der Waals surface area contributed by atoms with Gasteiger partial charge < -0.3 is 28.4 Å². The molecule has 0 N–H and O–H groups in total. The van der Waals surface area contributed by atoms with Crippen LogP contribution < -0.4 is 23.7 Å². The maximum absolute atomic E-state index is 13.2. The lowest BCUT2D eigenvalue weighted by Gasteiger charge is -2.39. The van der Waals surface area contributed by atoms with Gasteiger partial charge in [0.05, 0.1) is 27.4 Å². The van der Waals surface area contributed by atoms with Gasteiger partial charge in [-0.3, -0.25) is 4.90 Å². The smallest absolute Gasteiger partial charge is 0.343 e. The van der Waals surface area contributed by atoms with E-state index in [0.717, 1.165) is 35.6 Å². The number of cyclic esters (lactones) is 1. The molecule has 6 rings (SSSR count). The first-order chi connectivity index (χ1) is 19.1. The highest BCUT2D eigenvalue weighted by Crippen LogP contribution is 2.57. The van der Waals surface area contributed by atoms with E-state index in [4.69, 9.17) is 28.4 Å². The highest BCUT2D eigenvalue weighted by Gasteiger charge is 2.47. The van der Waals surface area contributed by atoms with E-state index in [2.05, 4.69) is 11.9 Å². The summed E-state index contributed by atoms with van der Waals surface area (Å²) in [7, 11) is 6.85. The lowest BCUT2D eigenvalue weighted by molar-refractivity contribution is 0.00870. The number of carbonyl (C=O) groups excluding carboxylic acids is 1. The van der Waals surface area contributed by atoms with Crippen LogP contribution in [0.5, 0.6) is 28.7 Å². The molecule has 1 fully saturated rings. The van der Waals surface area contributed by atoms with Crippen LogP contribution in [-0.4, -0.2) is 57.8 Å². The van der Waals surface area contributed by atoms with E-state index in [0.29, 0.717) is 33.8 Å². The summed E-state index contributed by atoms with van der Waals surface area (Å²) in [5.41, 5.74) is 4.66. The molecule has 0 amide bonds. The lowest BCUT2D eigenvalue weighted by atomic mass is 9.83. The number of hydrogen-bond donors (Lipinski definition) is 0. The number of likely N-dealkylation sites (N-methyl/N-ethyl adjacent to an activating group) is 1. The molecule has 0 radical (unpaired) electrons. The molecule has 8 nitrogen and oxygen atoms in total. The number of benzene rings is 2. The van der Waals surface area contributed by atoms with Gasteiger partial charge in [0.15, 0.2) is 23.0 Å². The second-order valence-electron chi connectivity index (χ2n) is 10.7. The van der Waals surface area contributed by atoms with E-state index >= 15 is 0 Å². The van der Waals surface area contributed by atoms with Crippen molar-refractivity contribution in [1.29, 1.82) is 0 Å². The zero-order valence-corrected chi connectivity index (χ0v) is 24.0. The van der Waals surface area contributed by atoms with Crippen molar-refractivity contribution < 1.29 is 33.2 Å². The molecule has 0 aromatic heterocycles. The molecule has 3 aliphatic heterocycles. The van der Waals surface area contributed by atoms with Gasteiger partial charge in [0.1, 0.15) is 11.7 Å².